The lowest BCUT2D eigenvalue weighted by Gasteiger charge is -2.07. The number of fused-ring (bicyclic) bond motifs is 1. The highest BCUT2D eigenvalue weighted by Crippen LogP contribution is 2.28. The third-order valence-corrected chi connectivity index (χ3v) is 5.35. The third kappa shape index (κ3) is 3.84. The van der Waals surface area contributed by atoms with Crippen molar-refractivity contribution in [3.8, 4) is 6.07 Å². The van der Waals surface area contributed by atoms with Gasteiger partial charge in [-0.2, -0.15) is 5.26 Å². The number of carbonyl (C=O) groups is 1. The zero-order valence-electron chi connectivity index (χ0n) is 15.9. The first kappa shape index (κ1) is 19.5. The molecule has 4 aromatic rings. The predicted octanol–water partition coefficient (Wildman–Crippen LogP) is 6.11. The van der Waals surface area contributed by atoms with Crippen LogP contribution in [0, 0.1) is 11.3 Å². The van der Waals surface area contributed by atoms with E-state index in [-0.39, 0.29) is 5.56 Å². The summed E-state index contributed by atoms with van der Waals surface area (Å²) >= 11 is 6.34. The lowest BCUT2D eigenvalue weighted by molar-refractivity contribution is 0.0697. The number of allylic oxidation sites excluding steroid dienone is 1. The Morgan fingerprint density at radius 3 is 2.37 bits per heavy atom. The summed E-state index contributed by atoms with van der Waals surface area (Å²) in [6.45, 7) is 0.614. The van der Waals surface area contributed by atoms with Crippen LogP contribution >= 0.6 is 11.6 Å². The molecule has 0 radical (unpaired) electrons. The van der Waals surface area contributed by atoms with E-state index in [1.807, 2.05) is 60.8 Å². The highest BCUT2D eigenvalue weighted by molar-refractivity contribution is 6.31. The molecule has 0 fully saturated rings. The number of carboxylic acids is 1. The Morgan fingerprint density at radius 1 is 1.00 bits per heavy atom. The number of hydrogen-bond donors (Lipinski definition) is 1. The van der Waals surface area contributed by atoms with Gasteiger partial charge in [0, 0.05) is 34.2 Å². The molecule has 0 spiro atoms. The second-order valence-corrected chi connectivity index (χ2v) is 7.28. The third-order valence-electron chi connectivity index (χ3n) is 4.98. The number of halogens is 1. The van der Waals surface area contributed by atoms with Gasteiger partial charge in [-0.15, -0.1) is 0 Å². The molecule has 0 aliphatic carbocycles. The van der Waals surface area contributed by atoms with Crippen molar-refractivity contribution in [3.05, 3.63) is 106 Å². The Labute approximate surface area is 178 Å². The van der Waals surface area contributed by atoms with Gasteiger partial charge in [0.05, 0.1) is 17.2 Å². The van der Waals surface area contributed by atoms with E-state index in [0.717, 1.165) is 22.0 Å². The number of aromatic carboxylic acids is 1. The number of aromatic nitrogens is 1. The van der Waals surface area contributed by atoms with Crippen LogP contribution in [0.3, 0.4) is 0 Å². The Balaban J connectivity index is 1.77. The summed E-state index contributed by atoms with van der Waals surface area (Å²) in [6, 6.07) is 24.3. The van der Waals surface area contributed by atoms with Crippen LogP contribution in [0.25, 0.3) is 22.6 Å². The zero-order chi connectivity index (χ0) is 21.1. The van der Waals surface area contributed by atoms with E-state index >= 15 is 0 Å². The predicted molar refractivity (Wildman–Crippen MR) is 119 cm³/mol. The standard InChI is InChI=1S/C25H17ClN2O2/c26-23-7-3-1-5-19(23)15-28-16-21(22-6-2-4-8-24(22)28)13-20(14-27)17-9-11-18(12-10-17)25(29)30/h1-13,16H,15H2,(H,29,30). The summed E-state index contributed by atoms with van der Waals surface area (Å²) in [5, 5.41) is 20.5. The average molecular weight is 413 g/mol. The van der Waals surface area contributed by atoms with E-state index in [1.165, 1.54) is 12.1 Å². The molecular weight excluding hydrogens is 396 g/mol. The molecule has 0 saturated carbocycles. The fourth-order valence-electron chi connectivity index (χ4n) is 3.46. The Hall–Kier alpha value is -3.81. The quantitative estimate of drug-likeness (QED) is 0.402. The van der Waals surface area contributed by atoms with Crippen LogP contribution in [-0.2, 0) is 6.54 Å². The first-order valence-corrected chi connectivity index (χ1v) is 9.71. The van der Waals surface area contributed by atoms with Gasteiger partial charge in [-0.25, -0.2) is 4.79 Å². The molecule has 4 rings (SSSR count). The zero-order valence-corrected chi connectivity index (χ0v) is 16.7. The number of hydrogen-bond acceptors (Lipinski definition) is 2. The van der Waals surface area contributed by atoms with Gasteiger partial charge in [0.25, 0.3) is 0 Å². The maximum atomic E-state index is 11.1. The largest absolute Gasteiger partial charge is 0.478 e. The van der Waals surface area contributed by atoms with Crippen molar-refractivity contribution < 1.29 is 9.90 Å². The molecule has 4 nitrogen and oxygen atoms in total. The van der Waals surface area contributed by atoms with E-state index in [9.17, 15) is 10.1 Å². The Morgan fingerprint density at radius 2 is 1.67 bits per heavy atom. The minimum Gasteiger partial charge on any atom is -0.478 e. The molecular formula is C25H17ClN2O2. The van der Waals surface area contributed by atoms with Gasteiger partial charge in [-0.1, -0.05) is 60.1 Å². The Bertz CT molecular complexity index is 1310. The minimum absolute atomic E-state index is 0.187. The van der Waals surface area contributed by atoms with Crippen LogP contribution in [0.15, 0.2) is 79.0 Å². The molecule has 0 aliphatic heterocycles. The lowest BCUT2D eigenvalue weighted by Crippen LogP contribution is -1.98. The fraction of sp³-hybridized carbons (Fsp3) is 0.0400. The molecule has 30 heavy (non-hydrogen) atoms. The van der Waals surface area contributed by atoms with E-state index in [2.05, 4.69) is 10.6 Å². The Kier molecular flexibility index (Phi) is 5.38. The second kappa shape index (κ2) is 8.28. The maximum Gasteiger partial charge on any atom is 0.335 e. The number of nitriles is 1. The van der Waals surface area contributed by atoms with E-state index < -0.39 is 5.97 Å². The summed E-state index contributed by atoms with van der Waals surface area (Å²) < 4.78 is 2.12. The normalized spacial score (nSPS) is 11.4. The van der Waals surface area contributed by atoms with Crippen LogP contribution in [0.4, 0.5) is 0 Å². The monoisotopic (exact) mass is 412 g/mol. The van der Waals surface area contributed by atoms with Crippen LogP contribution in [0.2, 0.25) is 5.02 Å². The van der Waals surface area contributed by atoms with Gasteiger partial charge in [-0.3, -0.25) is 0 Å². The SMILES string of the molecule is N#CC(=Cc1cn(Cc2ccccc2Cl)c2ccccc12)c1ccc(C(=O)O)cc1. The molecule has 3 aromatic carbocycles. The van der Waals surface area contributed by atoms with Gasteiger partial charge < -0.3 is 9.67 Å². The summed E-state index contributed by atoms with van der Waals surface area (Å²) in [4.78, 5) is 11.1. The van der Waals surface area contributed by atoms with Crippen LogP contribution in [-0.4, -0.2) is 15.6 Å². The van der Waals surface area contributed by atoms with Crippen molar-refractivity contribution in [2.24, 2.45) is 0 Å². The minimum atomic E-state index is -0.994. The highest BCUT2D eigenvalue weighted by atomic mass is 35.5. The number of carboxylic acid groups (broad SMARTS) is 1. The second-order valence-electron chi connectivity index (χ2n) is 6.87. The summed E-state index contributed by atoms with van der Waals surface area (Å²) in [5.41, 5.74) is 4.30. The highest BCUT2D eigenvalue weighted by Gasteiger charge is 2.11. The fourth-order valence-corrected chi connectivity index (χ4v) is 3.65. The molecule has 0 bridgehead atoms. The number of benzene rings is 3. The maximum absolute atomic E-state index is 11.1. The molecule has 146 valence electrons. The lowest BCUT2D eigenvalue weighted by atomic mass is 10.0. The smallest absolute Gasteiger partial charge is 0.335 e. The molecule has 0 aliphatic rings. The number of nitrogens with zero attached hydrogens (tertiary/aromatic N) is 2. The first-order valence-electron chi connectivity index (χ1n) is 9.33. The number of para-hydroxylation sites is 1. The van der Waals surface area contributed by atoms with Crippen molar-refractivity contribution in [2.75, 3.05) is 0 Å². The van der Waals surface area contributed by atoms with E-state index in [0.29, 0.717) is 22.7 Å². The van der Waals surface area contributed by atoms with Crippen molar-refractivity contribution in [3.63, 3.8) is 0 Å². The van der Waals surface area contributed by atoms with Crippen LogP contribution in [0.1, 0.15) is 27.0 Å². The molecule has 0 amide bonds. The summed E-state index contributed by atoms with van der Waals surface area (Å²) in [6.07, 6.45) is 3.85. The van der Waals surface area contributed by atoms with Crippen LogP contribution in [0.5, 0.6) is 0 Å². The summed E-state index contributed by atoms with van der Waals surface area (Å²) in [7, 11) is 0. The van der Waals surface area contributed by atoms with Gasteiger partial charge in [0.2, 0.25) is 0 Å². The van der Waals surface area contributed by atoms with Gasteiger partial charge in [0.15, 0.2) is 0 Å². The van der Waals surface area contributed by atoms with Crippen molar-refractivity contribution >= 4 is 40.1 Å². The van der Waals surface area contributed by atoms with Crippen molar-refractivity contribution in [1.82, 2.24) is 4.57 Å². The molecule has 1 aromatic heterocycles. The molecule has 1 heterocycles. The van der Waals surface area contributed by atoms with E-state index in [4.69, 9.17) is 16.7 Å². The first-order chi connectivity index (χ1) is 14.6. The molecule has 5 heteroatoms. The average Bonchev–Trinajstić information content (AvgIpc) is 3.11. The molecule has 0 atom stereocenters. The van der Waals surface area contributed by atoms with Gasteiger partial charge in [-0.05, 0) is 41.5 Å². The van der Waals surface area contributed by atoms with Gasteiger partial charge >= 0.3 is 5.97 Å². The molecule has 1 N–H and O–H groups in total. The van der Waals surface area contributed by atoms with Crippen molar-refractivity contribution in [1.29, 1.82) is 5.26 Å². The van der Waals surface area contributed by atoms with Crippen LogP contribution < -0.4 is 0 Å². The van der Waals surface area contributed by atoms with Gasteiger partial charge in [0.1, 0.15) is 0 Å². The summed E-state index contributed by atoms with van der Waals surface area (Å²) in [5.74, 6) is -0.994. The molecule has 0 saturated heterocycles. The van der Waals surface area contributed by atoms with E-state index in [1.54, 1.807) is 12.1 Å². The molecule has 0 unspecified atom stereocenters. The topological polar surface area (TPSA) is 66.0 Å². The van der Waals surface area contributed by atoms with Crippen molar-refractivity contribution in [2.45, 2.75) is 6.54 Å². The number of rotatable bonds is 5.